The van der Waals surface area contributed by atoms with E-state index < -0.39 is 0 Å². The molecular weight excluding hydrogens is 438 g/mol. The van der Waals surface area contributed by atoms with Crippen LogP contribution in [0.2, 0.25) is 0 Å². The molecule has 0 atom stereocenters. The van der Waals surface area contributed by atoms with Crippen LogP contribution in [0.1, 0.15) is 30.7 Å². The van der Waals surface area contributed by atoms with Crippen LogP contribution < -0.4 is 4.90 Å². The fraction of sp³-hybridized carbons (Fsp3) is 0.0909. The van der Waals surface area contributed by atoms with E-state index in [-0.39, 0.29) is 5.41 Å². The second-order valence-electron chi connectivity index (χ2n) is 9.64. The van der Waals surface area contributed by atoms with E-state index in [0.717, 1.165) is 27.9 Å². The van der Waals surface area contributed by atoms with Crippen LogP contribution in [-0.2, 0) is 5.41 Å². The summed E-state index contributed by atoms with van der Waals surface area (Å²) >= 11 is 0. The zero-order valence-corrected chi connectivity index (χ0v) is 20.3. The van der Waals surface area contributed by atoms with E-state index in [1.807, 2.05) is 24.3 Å². The predicted octanol–water partition coefficient (Wildman–Crippen LogP) is 8.40. The third kappa shape index (κ3) is 3.47. The van der Waals surface area contributed by atoms with E-state index >= 15 is 0 Å². The van der Waals surface area contributed by atoms with Crippen molar-refractivity contribution in [3.8, 4) is 28.3 Å². The Morgan fingerprint density at radius 1 is 0.667 bits per heavy atom. The monoisotopic (exact) mass is 463 g/mol. The number of rotatable bonds is 3. The minimum atomic E-state index is -0.0855. The summed E-state index contributed by atoms with van der Waals surface area (Å²) in [6.45, 7) is 4.61. The quantitative estimate of drug-likeness (QED) is 0.270. The van der Waals surface area contributed by atoms with Gasteiger partial charge in [0.15, 0.2) is 0 Å². The van der Waals surface area contributed by atoms with Gasteiger partial charge in [0.1, 0.15) is 11.8 Å². The lowest BCUT2D eigenvalue weighted by Crippen LogP contribution is -2.30. The molecular formula is C33H25N3. The molecule has 0 aliphatic carbocycles. The fourth-order valence-corrected chi connectivity index (χ4v) is 5.37. The summed E-state index contributed by atoms with van der Waals surface area (Å²) in [7, 11) is 0. The summed E-state index contributed by atoms with van der Waals surface area (Å²) in [5.41, 5.74) is 10.6. The smallest absolute Gasteiger partial charge is 0.148 e. The van der Waals surface area contributed by atoms with Crippen molar-refractivity contribution < 1.29 is 0 Å². The highest BCUT2D eigenvalue weighted by Gasteiger charge is 2.36. The number of hydrogen-bond acceptors (Lipinski definition) is 3. The molecule has 1 aliphatic rings. The van der Waals surface area contributed by atoms with Crippen molar-refractivity contribution in [2.75, 3.05) is 4.90 Å². The Morgan fingerprint density at radius 3 is 1.97 bits per heavy atom. The van der Waals surface area contributed by atoms with Crippen molar-refractivity contribution in [3.63, 3.8) is 0 Å². The summed E-state index contributed by atoms with van der Waals surface area (Å²) in [5, 5.41) is 9.53. The Morgan fingerprint density at radius 2 is 1.28 bits per heavy atom. The fourth-order valence-electron chi connectivity index (χ4n) is 5.37. The molecule has 0 saturated carbocycles. The lowest BCUT2D eigenvalue weighted by molar-refractivity contribution is 0.632. The van der Waals surface area contributed by atoms with Crippen molar-refractivity contribution in [2.24, 2.45) is 0 Å². The van der Waals surface area contributed by atoms with Gasteiger partial charge in [-0.05, 0) is 70.3 Å². The Hall–Kier alpha value is -4.68. The zero-order chi connectivity index (χ0) is 24.7. The van der Waals surface area contributed by atoms with Crippen molar-refractivity contribution in [1.29, 1.82) is 5.26 Å². The van der Waals surface area contributed by atoms with Crippen molar-refractivity contribution >= 4 is 17.1 Å². The van der Waals surface area contributed by atoms with Gasteiger partial charge in [0, 0.05) is 22.9 Å². The number of aromatic nitrogens is 1. The van der Waals surface area contributed by atoms with Gasteiger partial charge in [-0.1, -0.05) is 80.6 Å². The molecule has 4 aromatic carbocycles. The van der Waals surface area contributed by atoms with Gasteiger partial charge in [0.25, 0.3) is 0 Å². The molecule has 0 fully saturated rings. The second-order valence-corrected chi connectivity index (χ2v) is 9.64. The van der Waals surface area contributed by atoms with E-state index in [2.05, 4.69) is 115 Å². The van der Waals surface area contributed by atoms with Gasteiger partial charge < -0.3 is 4.90 Å². The first-order chi connectivity index (χ1) is 17.6. The maximum Gasteiger partial charge on any atom is 0.148 e. The van der Waals surface area contributed by atoms with E-state index in [4.69, 9.17) is 0 Å². The highest BCUT2D eigenvalue weighted by molar-refractivity contribution is 5.87. The van der Waals surface area contributed by atoms with Crippen molar-refractivity contribution in [3.05, 3.63) is 132 Å². The lowest BCUT2D eigenvalue weighted by Gasteiger charge is -2.42. The predicted molar refractivity (Wildman–Crippen MR) is 147 cm³/mol. The Bertz CT molecular complexity index is 1590. The number of fused-ring (bicyclic) bond motifs is 2. The van der Waals surface area contributed by atoms with E-state index in [1.165, 1.54) is 22.5 Å². The number of anilines is 3. The molecule has 6 rings (SSSR count). The largest absolute Gasteiger partial charge is 0.310 e. The standard InChI is InChI=1S/C33H25N3/c1-33(2)28-15-3-5-17-31(28)36(32-18-6-4-16-29(32)33)26-13-8-11-24(21-26)23-10-7-12-25(20-23)27-14-9-19-35-30(27)22-34/h3-21H,1-2H3. The van der Waals surface area contributed by atoms with Crippen LogP contribution in [0.5, 0.6) is 0 Å². The average Bonchev–Trinajstić information content (AvgIpc) is 2.93. The van der Waals surface area contributed by atoms with Gasteiger partial charge in [0.2, 0.25) is 0 Å². The Balaban J connectivity index is 1.49. The highest BCUT2D eigenvalue weighted by atomic mass is 15.2. The third-order valence-corrected chi connectivity index (χ3v) is 7.16. The minimum Gasteiger partial charge on any atom is -0.310 e. The summed E-state index contributed by atoms with van der Waals surface area (Å²) in [4.78, 5) is 6.61. The van der Waals surface area contributed by atoms with Crippen LogP contribution in [0, 0.1) is 11.3 Å². The normalized spacial score (nSPS) is 13.4. The maximum atomic E-state index is 9.53. The molecule has 2 heterocycles. The summed E-state index contributed by atoms with van der Waals surface area (Å²) in [6, 6.07) is 40.4. The van der Waals surface area contributed by atoms with E-state index in [9.17, 15) is 5.26 Å². The number of benzene rings is 4. The van der Waals surface area contributed by atoms with Crippen LogP contribution in [0.25, 0.3) is 22.3 Å². The Kier molecular flexibility index (Phi) is 5.16. The third-order valence-electron chi connectivity index (χ3n) is 7.16. The van der Waals surface area contributed by atoms with Gasteiger partial charge in [-0.2, -0.15) is 5.26 Å². The maximum absolute atomic E-state index is 9.53. The summed E-state index contributed by atoms with van der Waals surface area (Å²) in [5.74, 6) is 0. The molecule has 36 heavy (non-hydrogen) atoms. The number of pyridine rings is 1. The van der Waals surface area contributed by atoms with Crippen LogP contribution in [0.15, 0.2) is 115 Å². The van der Waals surface area contributed by atoms with Gasteiger partial charge in [0.05, 0.1) is 11.4 Å². The topological polar surface area (TPSA) is 39.9 Å². The molecule has 0 bridgehead atoms. The summed E-state index contributed by atoms with van der Waals surface area (Å²) < 4.78 is 0. The highest BCUT2D eigenvalue weighted by Crippen LogP contribution is 2.51. The first kappa shape index (κ1) is 21.8. The van der Waals surface area contributed by atoms with E-state index in [0.29, 0.717) is 5.69 Å². The Labute approximate surface area is 211 Å². The van der Waals surface area contributed by atoms with Gasteiger partial charge in [-0.15, -0.1) is 0 Å². The second kappa shape index (κ2) is 8.52. The van der Waals surface area contributed by atoms with Gasteiger partial charge in [-0.3, -0.25) is 0 Å². The van der Waals surface area contributed by atoms with Crippen LogP contribution in [0.4, 0.5) is 17.1 Å². The number of nitrogens with zero attached hydrogens (tertiary/aromatic N) is 3. The lowest BCUT2D eigenvalue weighted by atomic mass is 9.73. The van der Waals surface area contributed by atoms with Crippen molar-refractivity contribution in [1.82, 2.24) is 4.98 Å². The molecule has 0 unspecified atom stereocenters. The van der Waals surface area contributed by atoms with Crippen LogP contribution in [-0.4, -0.2) is 4.98 Å². The summed E-state index contributed by atoms with van der Waals surface area (Å²) in [6.07, 6.45) is 1.66. The molecule has 0 saturated heterocycles. The molecule has 0 N–H and O–H groups in total. The first-order valence-electron chi connectivity index (χ1n) is 12.1. The number of nitriles is 1. The molecule has 0 amide bonds. The number of para-hydroxylation sites is 2. The van der Waals surface area contributed by atoms with E-state index in [1.54, 1.807) is 6.20 Å². The molecule has 1 aliphatic heterocycles. The van der Waals surface area contributed by atoms with Crippen LogP contribution >= 0.6 is 0 Å². The molecule has 3 heteroatoms. The molecule has 3 nitrogen and oxygen atoms in total. The zero-order valence-electron chi connectivity index (χ0n) is 20.3. The van der Waals surface area contributed by atoms with Gasteiger partial charge >= 0.3 is 0 Å². The molecule has 5 aromatic rings. The molecule has 1 aromatic heterocycles. The minimum absolute atomic E-state index is 0.0855. The first-order valence-corrected chi connectivity index (χ1v) is 12.1. The molecule has 0 spiro atoms. The number of hydrogen-bond donors (Lipinski definition) is 0. The SMILES string of the molecule is CC1(C)c2ccccc2N(c2cccc(-c3cccc(-c4cccnc4C#N)c3)c2)c2ccccc21. The average molecular weight is 464 g/mol. The molecule has 172 valence electrons. The van der Waals surface area contributed by atoms with Crippen LogP contribution in [0.3, 0.4) is 0 Å². The van der Waals surface area contributed by atoms with Crippen molar-refractivity contribution in [2.45, 2.75) is 19.3 Å². The molecule has 0 radical (unpaired) electrons. The van der Waals surface area contributed by atoms with Gasteiger partial charge in [-0.25, -0.2) is 4.98 Å².